The second kappa shape index (κ2) is 8.02. The number of amides is 1. The summed E-state index contributed by atoms with van der Waals surface area (Å²) in [5.74, 6) is -3.18. The van der Waals surface area contributed by atoms with Crippen LogP contribution in [0.15, 0.2) is 36.4 Å². The van der Waals surface area contributed by atoms with Crippen molar-refractivity contribution in [1.82, 2.24) is 5.32 Å². The van der Waals surface area contributed by atoms with Crippen LogP contribution in [0, 0.1) is 17.6 Å². The van der Waals surface area contributed by atoms with E-state index in [1.54, 1.807) is 11.6 Å². The smallest absolute Gasteiger partial charge is 0.349 e. The van der Waals surface area contributed by atoms with Crippen LogP contribution in [-0.4, -0.2) is 20.6 Å². The highest BCUT2D eigenvalue weighted by Gasteiger charge is 2.55. The molecule has 0 bridgehead atoms. The van der Waals surface area contributed by atoms with E-state index in [9.17, 15) is 35.2 Å². The highest BCUT2D eigenvalue weighted by Crippen LogP contribution is 2.54. The van der Waals surface area contributed by atoms with Crippen LogP contribution in [0.5, 0.6) is 0 Å². The van der Waals surface area contributed by atoms with Crippen LogP contribution in [0.4, 0.5) is 27.6 Å². The quantitative estimate of drug-likeness (QED) is 0.603. The van der Waals surface area contributed by atoms with Gasteiger partial charge in [-0.15, -0.1) is 0 Å². The Morgan fingerprint density at radius 2 is 1.66 bits per heavy atom. The summed E-state index contributed by atoms with van der Waals surface area (Å²) in [6.45, 7) is 3.27. The molecule has 174 valence electrons. The molecule has 0 aromatic heterocycles. The predicted molar refractivity (Wildman–Crippen MR) is 108 cm³/mol. The normalized spacial score (nSPS) is 21.7. The molecule has 1 aliphatic carbocycles. The lowest BCUT2D eigenvalue weighted by Crippen LogP contribution is -2.30. The first-order valence-electron chi connectivity index (χ1n) is 9.56. The first-order chi connectivity index (χ1) is 14.6. The Hall–Kier alpha value is -2.69. The fourth-order valence-corrected chi connectivity index (χ4v) is 4.19. The van der Waals surface area contributed by atoms with Crippen molar-refractivity contribution in [2.75, 3.05) is 11.0 Å². The van der Waals surface area contributed by atoms with Crippen LogP contribution in [0.2, 0.25) is 0 Å². The number of carbonyl (C=O) groups excluding carboxylic acids is 1. The molecule has 5 nitrogen and oxygen atoms in total. The Morgan fingerprint density at radius 1 is 1.12 bits per heavy atom. The number of sulfonamides is 1. The summed E-state index contributed by atoms with van der Waals surface area (Å²) < 4.78 is 90.9. The number of alkyl halides is 3. The van der Waals surface area contributed by atoms with E-state index >= 15 is 0 Å². The van der Waals surface area contributed by atoms with E-state index in [1.165, 1.54) is 19.1 Å². The van der Waals surface area contributed by atoms with Gasteiger partial charge in [0.15, 0.2) is 11.6 Å². The van der Waals surface area contributed by atoms with Crippen LogP contribution in [0.1, 0.15) is 43.0 Å². The lowest BCUT2D eigenvalue weighted by molar-refractivity contribution is -0.137. The van der Waals surface area contributed by atoms with Gasteiger partial charge in [0.05, 0.1) is 17.9 Å². The molecule has 1 aliphatic rings. The first kappa shape index (κ1) is 24.0. The zero-order chi connectivity index (χ0) is 24.1. The third-order valence-electron chi connectivity index (χ3n) is 5.64. The first-order valence-corrected chi connectivity index (χ1v) is 11.5. The molecule has 1 amide bonds. The van der Waals surface area contributed by atoms with Crippen molar-refractivity contribution >= 4 is 21.6 Å². The number of benzene rings is 2. The van der Waals surface area contributed by atoms with Gasteiger partial charge in [-0.1, -0.05) is 19.1 Å². The Bertz CT molecular complexity index is 1130. The number of hydrogen-bond donors (Lipinski definition) is 2. The summed E-state index contributed by atoms with van der Waals surface area (Å²) in [5, 5.41) is 2.65. The van der Waals surface area contributed by atoms with Gasteiger partial charge in [-0.05, 0) is 48.7 Å². The van der Waals surface area contributed by atoms with E-state index in [4.69, 9.17) is 0 Å². The van der Waals surface area contributed by atoms with Gasteiger partial charge >= 0.3 is 6.18 Å². The lowest BCUT2D eigenvalue weighted by atomic mass is 9.94. The van der Waals surface area contributed by atoms with Gasteiger partial charge in [0.2, 0.25) is 15.9 Å². The molecule has 3 rings (SSSR count). The van der Waals surface area contributed by atoms with Crippen molar-refractivity contribution in [1.29, 1.82) is 0 Å². The van der Waals surface area contributed by atoms with Crippen molar-refractivity contribution in [3.63, 3.8) is 0 Å². The summed E-state index contributed by atoms with van der Waals surface area (Å²) in [6.07, 6.45) is -3.28. The minimum Gasteiger partial charge on any atom is -0.349 e. The molecular weight excluding hydrogens is 455 g/mol. The number of hydrogen-bond acceptors (Lipinski definition) is 3. The molecule has 0 radical (unpaired) electrons. The van der Waals surface area contributed by atoms with Gasteiger partial charge in [0.25, 0.3) is 0 Å². The van der Waals surface area contributed by atoms with Gasteiger partial charge in [-0.2, -0.15) is 13.2 Å². The molecular formula is C21H21F5N2O3S. The Morgan fingerprint density at radius 3 is 2.12 bits per heavy atom. The standard InChI is InChI=1S/C21H21F5N2O3S/c1-11(12-8-16(22)18(17(23)9-12)28-32(3,30)31)27-19(29)15-10-20(15,2)13-4-6-14(7-5-13)21(24,25)26/h4-9,11,15,28H,10H2,1-3H3,(H,27,29)/t11-,15-,20-/m1/s1. The van der Waals surface area contributed by atoms with Gasteiger partial charge in [0, 0.05) is 11.3 Å². The van der Waals surface area contributed by atoms with E-state index in [2.05, 4.69) is 5.32 Å². The highest BCUT2D eigenvalue weighted by atomic mass is 32.2. The summed E-state index contributed by atoms with van der Waals surface area (Å²) in [6, 6.07) is 5.67. The van der Waals surface area contributed by atoms with Crippen LogP contribution >= 0.6 is 0 Å². The highest BCUT2D eigenvalue weighted by molar-refractivity contribution is 7.92. The Labute approximate surface area is 182 Å². The summed E-state index contributed by atoms with van der Waals surface area (Å²) in [5.41, 5.74) is -1.56. The zero-order valence-electron chi connectivity index (χ0n) is 17.3. The molecule has 2 aromatic rings. The van der Waals surface area contributed by atoms with E-state index < -0.39 is 62.4 Å². The molecule has 2 aromatic carbocycles. The second-order valence-corrected chi connectivity index (χ2v) is 9.96. The summed E-state index contributed by atoms with van der Waals surface area (Å²) in [7, 11) is -3.89. The summed E-state index contributed by atoms with van der Waals surface area (Å²) in [4.78, 5) is 12.7. The van der Waals surface area contributed by atoms with Crippen LogP contribution in [0.3, 0.4) is 0 Å². The summed E-state index contributed by atoms with van der Waals surface area (Å²) >= 11 is 0. The number of carbonyl (C=O) groups is 1. The van der Waals surface area contributed by atoms with Gasteiger partial charge in [-0.3, -0.25) is 9.52 Å². The molecule has 3 atom stereocenters. The van der Waals surface area contributed by atoms with Gasteiger partial charge in [0.1, 0.15) is 5.69 Å². The Balaban J connectivity index is 1.70. The zero-order valence-corrected chi connectivity index (χ0v) is 18.2. The number of nitrogens with one attached hydrogen (secondary N) is 2. The minimum atomic E-state index is -4.45. The second-order valence-electron chi connectivity index (χ2n) is 8.21. The average Bonchev–Trinajstić information content (AvgIpc) is 3.36. The van der Waals surface area contributed by atoms with Crippen molar-refractivity contribution < 1.29 is 35.2 Å². The third kappa shape index (κ3) is 5.03. The van der Waals surface area contributed by atoms with E-state index in [1.807, 2.05) is 0 Å². The lowest BCUT2D eigenvalue weighted by Gasteiger charge is -2.18. The van der Waals surface area contributed by atoms with E-state index in [-0.39, 0.29) is 5.56 Å². The molecule has 2 N–H and O–H groups in total. The van der Waals surface area contributed by atoms with Crippen molar-refractivity contribution in [3.05, 3.63) is 64.7 Å². The van der Waals surface area contributed by atoms with Crippen LogP contribution in [-0.2, 0) is 26.4 Å². The van der Waals surface area contributed by atoms with Gasteiger partial charge in [-0.25, -0.2) is 17.2 Å². The topological polar surface area (TPSA) is 75.3 Å². The number of halogens is 5. The molecule has 0 spiro atoms. The fraction of sp³-hybridized carbons (Fsp3) is 0.381. The van der Waals surface area contributed by atoms with E-state index in [0.29, 0.717) is 12.0 Å². The molecule has 0 aliphatic heterocycles. The van der Waals surface area contributed by atoms with Crippen molar-refractivity contribution in [2.45, 2.75) is 37.9 Å². The van der Waals surface area contributed by atoms with Crippen LogP contribution < -0.4 is 10.0 Å². The number of anilines is 1. The Kier molecular flexibility index (Phi) is 6.01. The molecule has 1 fully saturated rings. The third-order valence-corrected chi connectivity index (χ3v) is 6.21. The van der Waals surface area contributed by atoms with Crippen molar-refractivity contribution in [2.24, 2.45) is 5.92 Å². The van der Waals surface area contributed by atoms with Gasteiger partial charge < -0.3 is 5.32 Å². The molecule has 11 heteroatoms. The average molecular weight is 476 g/mol. The maximum Gasteiger partial charge on any atom is 0.416 e. The molecule has 0 saturated heterocycles. The molecule has 32 heavy (non-hydrogen) atoms. The maximum atomic E-state index is 14.2. The fourth-order valence-electron chi connectivity index (χ4n) is 3.63. The molecule has 0 heterocycles. The van der Waals surface area contributed by atoms with Crippen LogP contribution in [0.25, 0.3) is 0 Å². The van der Waals surface area contributed by atoms with E-state index in [0.717, 1.165) is 30.5 Å². The number of rotatable bonds is 6. The molecule has 1 saturated carbocycles. The minimum absolute atomic E-state index is 0.0873. The predicted octanol–water partition coefficient (Wildman–Crippen LogP) is 4.51. The SMILES string of the molecule is C[C@@H](NC(=O)[C@H]1C[C@]1(C)c1ccc(C(F)(F)F)cc1)c1cc(F)c(NS(C)(=O)=O)c(F)c1. The molecule has 0 unspecified atom stereocenters. The monoisotopic (exact) mass is 476 g/mol. The van der Waals surface area contributed by atoms with Crippen molar-refractivity contribution in [3.8, 4) is 0 Å². The maximum absolute atomic E-state index is 14.2. The largest absolute Gasteiger partial charge is 0.416 e.